The lowest BCUT2D eigenvalue weighted by Gasteiger charge is -2.52. The van der Waals surface area contributed by atoms with E-state index in [9.17, 15) is 22.9 Å². The topological polar surface area (TPSA) is 97.3 Å². The second-order valence-corrected chi connectivity index (χ2v) is 17.9. The zero-order chi connectivity index (χ0) is 29.4. The van der Waals surface area contributed by atoms with Crippen LogP contribution in [0.3, 0.4) is 0 Å². The van der Waals surface area contributed by atoms with Gasteiger partial charge in [-0.1, -0.05) is 92.8 Å². The zero-order valence-corrected chi connectivity index (χ0v) is 27.8. The van der Waals surface area contributed by atoms with Gasteiger partial charge in [-0.25, -0.2) is 8.42 Å². The molecule has 2 saturated carbocycles. The van der Waals surface area contributed by atoms with E-state index in [1.807, 2.05) is 0 Å². The van der Waals surface area contributed by atoms with Gasteiger partial charge in [0, 0.05) is 29.2 Å². The molecule has 0 radical (unpaired) electrons. The summed E-state index contributed by atoms with van der Waals surface area (Å²) in [5.74, 6) is -6.78. The maximum absolute atomic E-state index is 12.2. The van der Waals surface area contributed by atoms with E-state index in [4.69, 9.17) is 139 Å². The Morgan fingerprint density at radius 1 is 0.667 bits per heavy atom. The summed E-state index contributed by atoms with van der Waals surface area (Å²) in [5, 5.41) is 11.1. The third-order valence-electron chi connectivity index (χ3n) is 8.72. The van der Waals surface area contributed by atoms with Crippen molar-refractivity contribution >= 4 is 155 Å². The van der Waals surface area contributed by atoms with Crippen molar-refractivity contribution in [2.24, 2.45) is 11.8 Å². The van der Waals surface area contributed by atoms with Crippen LogP contribution < -0.4 is 5.11 Å². The van der Waals surface area contributed by atoms with Crippen molar-refractivity contribution in [3.8, 4) is 0 Å². The predicted molar refractivity (Wildman–Crippen MR) is 152 cm³/mol. The molecular formula is C21H6Cl12O5S-2. The van der Waals surface area contributed by atoms with E-state index >= 15 is 0 Å². The van der Waals surface area contributed by atoms with Crippen LogP contribution in [-0.2, 0) is 10.1 Å². The second kappa shape index (κ2) is 8.23. The number of aromatic carboxylic acids is 1. The third-order valence-corrected chi connectivity index (χ3v) is 18.1. The van der Waals surface area contributed by atoms with Gasteiger partial charge in [0.1, 0.15) is 29.6 Å². The first-order valence-electron chi connectivity index (χ1n) is 10.5. The van der Waals surface area contributed by atoms with E-state index in [-0.39, 0.29) is 31.3 Å². The van der Waals surface area contributed by atoms with Gasteiger partial charge >= 0.3 is 0 Å². The van der Waals surface area contributed by atoms with Crippen LogP contribution in [0.1, 0.15) is 33.3 Å². The molecule has 8 unspecified atom stereocenters. The molecule has 39 heavy (non-hydrogen) atoms. The van der Waals surface area contributed by atoms with Crippen LogP contribution in [0.4, 0.5) is 0 Å². The molecule has 212 valence electrons. The highest BCUT2D eigenvalue weighted by molar-refractivity contribution is 7.85. The van der Waals surface area contributed by atoms with Gasteiger partial charge < -0.3 is 14.5 Å². The van der Waals surface area contributed by atoms with Crippen molar-refractivity contribution in [3.63, 3.8) is 0 Å². The standard InChI is InChI=1S/C21H8Cl12O5S/c22-11-13(24)18(28)9-7(16(11,26)20(18,30)31)3-1-5(15(34)35)6(39(36,37)38)2-4(3)8-10(9)19(29)14(25)12(23)17(8,27)21(19,32)33/h1-2,7-10H,(H,34,35)(H,36,37,38)/p-2. The highest BCUT2D eigenvalue weighted by atomic mass is 35.5. The van der Waals surface area contributed by atoms with E-state index in [1.54, 1.807) is 0 Å². The third kappa shape index (κ3) is 2.87. The first-order valence-corrected chi connectivity index (χ1v) is 16.5. The number of fused-ring (bicyclic) bond motifs is 14. The lowest BCUT2D eigenvalue weighted by Crippen LogP contribution is -2.53. The number of hydrogen-bond donors (Lipinski definition) is 0. The largest absolute Gasteiger partial charge is 0.744 e. The fourth-order valence-corrected chi connectivity index (χ4v) is 14.0. The van der Waals surface area contributed by atoms with Crippen molar-refractivity contribution in [1.82, 2.24) is 0 Å². The highest BCUT2D eigenvalue weighted by Crippen LogP contribution is 2.88. The Morgan fingerprint density at radius 3 is 1.33 bits per heavy atom. The zero-order valence-electron chi connectivity index (χ0n) is 17.9. The number of allylic oxidation sites excluding steroid dienone is 4. The molecule has 0 aliphatic heterocycles. The summed E-state index contributed by atoms with van der Waals surface area (Å²) in [5.41, 5.74) is -0.997. The molecule has 0 aromatic heterocycles. The Morgan fingerprint density at radius 2 is 1.00 bits per heavy atom. The minimum Gasteiger partial charge on any atom is -0.744 e. The van der Waals surface area contributed by atoms with Crippen LogP contribution in [0.2, 0.25) is 0 Å². The number of carbonyl (C=O) groups is 1. The summed E-state index contributed by atoms with van der Waals surface area (Å²) in [6, 6.07) is 1.72. The van der Waals surface area contributed by atoms with Crippen LogP contribution in [0.25, 0.3) is 0 Å². The van der Waals surface area contributed by atoms with Crippen molar-refractivity contribution in [3.05, 3.63) is 49.0 Å². The molecule has 1 aromatic rings. The van der Waals surface area contributed by atoms with Crippen LogP contribution in [0, 0.1) is 11.8 Å². The van der Waals surface area contributed by atoms with Gasteiger partial charge in [-0.3, -0.25) is 0 Å². The van der Waals surface area contributed by atoms with E-state index in [0.717, 1.165) is 12.1 Å². The Balaban J connectivity index is 1.84. The molecule has 18 heteroatoms. The number of carbonyl (C=O) groups excluding carboxylic acids is 1. The summed E-state index contributed by atoms with van der Waals surface area (Å²) in [4.78, 5) is 2.82. The molecule has 0 spiro atoms. The van der Waals surface area contributed by atoms with Gasteiger partial charge in [0.2, 0.25) is 0 Å². The Bertz CT molecular complexity index is 1620. The first-order chi connectivity index (χ1) is 17.5. The summed E-state index contributed by atoms with van der Waals surface area (Å²) in [6.07, 6.45) is 0. The molecule has 4 bridgehead atoms. The summed E-state index contributed by atoms with van der Waals surface area (Å²) < 4.78 is 32.2. The molecule has 0 saturated heterocycles. The number of hydrogen-bond acceptors (Lipinski definition) is 5. The van der Waals surface area contributed by atoms with E-state index in [0.29, 0.717) is 0 Å². The quantitative estimate of drug-likeness (QED) is 0.236. The number of carboxylic acids is 1. The van der Waals surface area contributed by atoms with E-state index < -0.39 is 78.4 Å². The molecule has 5 nitrogen and oxygen atoms in total. The fraction of sp³-hybridized carbons (Fsp3) is 0.476. The second-order valence-electron chi connectivity index (χ2n) is 9.98. The van der Waals surface area contributed by atoms with Gasteiger partial charge in [0.05, 0.1) is 31.0 Å². The van der Waals surface area contributed by atoms with Crippen molar-refractivity contribution < 1.29 is 22.9 Å². The minimum atomic E-state index is -5.40. The van der Waals surface area contributed by atoms with Gasteiger partial charge in [0.15, 0.2) is 8.67 Å². The average molecular weight is 796 g/mol. The smallest absolute Gasteiger partial charge is 0.167 e. The summed E-state index contributed by atoms with van der Waals surface area (Å²) in [7, 11) is -5.40. The van der Waals surface area contributed by atoms with Crippen LogP contribution >= 0.6 is 139 Å². The van der Waals surface area contributed by atoms with Crippen LogP contribution in [0.15, 0.2) is 37.2 Å². The SMILES string of the molecule is O=C([O-])c1cc2c(cc1S(=O)(=O)[O-])C1C(C3C2C2(Cl)C(Cl)=C(Cl)C3(Cl)C2(Cl)Cl)C2(Cl)C(Cl)=C(Cl)C1(Cl)C2(Cl)Cl. The number of benzene rings is 1. The molecule has 5 aliphatic carbocycles. The van der Waals surface area contributed by atoms with E-state index in [2.05, 4.69) is 0 Å². The van der Waals surface area contributed by atoms with Gasteiger partial charge in [-0.05, 0) is 23.3 Å². The molecule has 2 fully saturated rings. The van der Waals surface area contributed by atoms with Crippen molar-refractivity contribution in [2.75, 3.05) is 0 Å². The maximum atomic E-state index is 12.2. The van der Waals surface area contributed by atoms with Gasteiger partial charge in [-0.15, -0.1) is 46.4 Å². The first kappa shape index (κ1) is 30.6. The predicted octanol–water partition coefficient (Wildman–Crippen LogP) is 7.06. The van der Waals surface area contributed by atoms with Gasteiger partial charge in [-0.2, -0.15) is 0 Å². The fourth-order valence-electron chi connectivity index (χ4n) is 7.29. The molecule has 8 atom stereocenters. The minimum absolute atomic E-state index is 0.0101. The molecule has 6 rings (SSSR count). The average Bonchev–Trinajstić information content (AvgIpc) is 3.16. The van der Waals surface area contributed by atoms with E-state index in [1.165, 1.54) is 0 Å². The maximum Gasteiger partial charge on any atom is 0.167 e. The molecular weight excluding hydrogens is 790 g/mol. The number of rotatable bonds is 2. The van der Waals surface area contributed by atoms with Gasteiger partial charge in [0.25, 0.3) is 0 Å². The van der Waals surface area contributed by atoms with Crippen molar-refractivity contribution in [2.45, 2.75) is 44.9 Å². The van der Waals surface area contributed by atoms with Crippen LogP contribution in [0.5, 0.6) is 0 Å². The Hall–Kier alpha value is 1.56. The lowest BCUT2D eigenvalue weighted by atomic mass is 9.57. The number of halogens is 12. The number of carboxylic acid groups (broad SMARTS) is 1. The van der Waals surface area contributed by atoms with Crippen molar-refractivity contribution in [1.29, 1.82) is 0 Å². The number of alkyl halides is 8. The molecule has 0 heterocycles. The monoisotopic (exact) mass is 790 g/mol. The lowest BCUT2D eigenvalue weighted by molar-refractivity contribution is -0.255. The highest BCUT2D eigenvalue weighted by Gasteiger charge is 2.91. The Labute approximate surface area is 281 Å². The van der Waals surface area contributed by atoms with Crippen LogP contribution in [-0.4, -0.2) is 47.1 Å². The summed E-state index contributed by atoms with van der Waals surface area (Å²) >= 11 is 82.4. The molecule has 1 aromatic carbocycles. The summed E-state index contributed by atoms with van der Waals surface area (Å²) in [6.45, 7) is 0. The normalized spacial score (nSPS) is 44.5. The Kier molecular flexibility index (Phi) is 6.45. The molecule has 5 aliphatic rings. The molecule has 0 N–H and O–H groups in total. The molecule has 0 amide bonds.